The quantitative estimate of drug-likeness (QED) is 0.921. The minimum atomic E-state index is -0.274. The Labute approximate surface area is 132 Å². The lowest BCUT2D eigenvalue weighted by Crippen LogP contribution is -2.45. The van der Waals surface area contributed by atoms with Gasteiger partial charge >= 0.3 is 0 Å². The topological polar surface area (TPSA) is 24.5 Å². The second-order valence-electron chi connectivity index (χ2n) is 4.60. The molecule has 2 rings (SSSR count). The number of rotatable bonds is 4. The van der Waals surface area contributed by atoms with Gasteiger partial charge in [-0.05, 0) is 24.1 Å². The van der Waals surface area contributed by atoms with Gasteiger partial charge in [0, 0.05) is 32.2 Å². The lowest BCUT2D eigenvalue weighted by molar-refractivity contribution is 0.169. The summed E-state index contributed by atoms with van der Waals surface area (Å²) in [6, 6.07) is 5.59. The van der Waals surface area contributed by atoms with E-state index in [1.807, 2.05) is 6.07 Å². The fourth-order valence-electron chi connectivity index (χ4n) is 2.59. The maximum Gasteiger partial charge on any atom is 0.165 e. The largest absolute Gasteiger partial charge is 0.494 e. The van der Waals surface area contributed by atoms with Crippen molar-refractivity contribution in [1.29, 1.82) is 0 Å². The van der Waals surface area contributed by atoms with Gasteiger partial charge in [-0.15, -0.1) is 24.8 Å². The molecule has 1 aromatic rings. The van der Waals surface area contributed by atoms with Gasteiger partial charge in [0.25, 0.3) is 0 Å². The number of hydrogen-bond acceptors (Lipinski definition) is 3. The van der Waals surface area contributed by atoms with E-state index in [1.54, 1.807) is 12.1 Å². The van der Waals surface area contributed by atoms with Gasteiger partial charge in [0.1, 0.15) is 0 Å². The molecule has 116 valence electrons. The van der Waals surface area contributed by atoms with Crippen molar-refractivity contribution in [2.45, 2.75) is 19.4 Å². The summed E-state index contributed by atoms with van der Waals surface area (Å²) in [4.78, 5) is 2.41. The van der Waals surface area contributed by atoms with Crippen LogP contribution in [0.2, 0.25) is 0 Å². The maximum atomic E-state index is 13.8. The Hall–Kier alpha value is -0.550. The summed E-state index contributed by atoms with van der Waals surface area (Å²) >= 11 is 0. The number of hydrogen-bond donors (Lipinski definition) is 1. The molecule has 3 nitrogen and oxygen atoms in total. The molecule has 0 bridgehead atoms. The molecule has 1 aromatic carbocycles. The van der Waals surface area contributed by atoms with Crippen LogP contribution in [0.4, 0.5) is 4.39 Å². The van der Waals surface area contributed by atoms with E-state index in [2.05, 4.69) is 17.1 Å². The summed E-state index contributed by atoms with van der Waals surface area (Å²) in [5.41, 5.74) is 1.04. The number of nitrogens with zero attached hydrogens (tertiary/aromatic N) is 1. The van der Waals surface area contributed by atoms with Gasteiger partial charge in [-0.3, -0.25) is 4.90 Å². The van der Waals surface area contributed by atoms with Gasteiger partial charge in [-0.25, -0.2) is 4.39 Å². The van der Waals surface area contributed by atoms with E-state index in [0.29, 0.717) is 11.8 Å². The molecular formula is C14H23Cl2FN2O. The van der Waals surface area contributed by atoms with Gasteiger partial charge in [0.2, 0.25) is 0 Å². The predicted molar refractivity (Wildman–Crippen MR) is 84.9 cm³/mol. The van der Waals surface area contributed by atoms with Crippen molar-refractivity contribution in [3.8, 4) is 5.75 Å². The number of halogens is 3. The van der Waals surface area contributed by atoms with E-state index in [9.17, 15) is 4.39 Å². The summed E-state index contributed by atoms with van der Waals surface area (Å²) in [6.07, 6.45) is 0.992. The summed E-state index contributed by atoms with van der Waals surface area (Å²) in [6.45, 7) is 6.21. The molecule has 0 unspecified atom stereocenters. The Bertz CT molecular complexity index is 401. The van der Waals surface area contributed by atoms with E-state index in [0.717, 1.165) is 38.2 Å². The summed E-state index contributed by atoms with van der Waals surface area (Å²) in [7, 11) is 1.49. The minimum absolute atomic E-state index is 0. The van der Waals surface area contributed by atoms with Crippen molar-refractivity contribution in [3.05, 3.63) is 29.6 Å². The first kappa shape index (κ1) is 19.4. The molecule has 1 aliphatic heterocycles. The molecule has 1 fully saturated rings. The SMILES string of the molecule is CC[C@@H](c1ccc(OC)c(F)c1)N1CCNCC1.Cl.Cl. The predicted octanol–water partition coefficient (Wildman–Crippen LogP) is 3.03. The lowest BCUT2D eigenvalue weighted by atomic mass is 10.0. The smallest absolute Gasteiger partial charge is 0.165 e. The molecule has 0 amide bonds. The van der Waals surface area contributed by atoms with E-state index in [1.165, 1.54) is 7.11 Å². The van der Waals surface area contributed by atoms with Crippen LogP contribution in [-0.4, -0.2) is 38.2 Å². The number of piperazine rings is 1. The van der Waals surface area contributed by atoms with E-state index < -0.39 is 0 Å². The third-order valence-electron chi connectivity index (χ3n) is 3.54. The first-order valence-corrected chi connectivity index (χ1v) is 6.54. The zero-order chi connectivity index (χ0) is 13.0. The van der Waals surface area contributed by atoms with Crippen molar-refractivity contribution in [2.24, 2.45) is 0 Å². The van der Waals surface area contributed by atoms with Crippen LogP contribution in [0.1, 0.15) is 24.9 Å². The van der Waals surface area contributed by atoms with Crippen LogP contribution in [0.15, 0.2) is 18.2 Å². The fourth-order valence-corrected chi connectivity index (χ4v) is 2.59. The first-order valence-electron chi connectivity index (χ1n) is 6.54. The van der Waals surface area contributed by atoms with Gasteiger partial charge in [0.05, 0.1) is 7.11 Å². The highest BCUT2D eigenvalue weighted by molar-refractivity contribution is 5.85. The molecule has 1 N–H and O–H groups in total. The van der Waals surface area contributed by atoms with Crippen LogP contribution in [0, 0.1) is 5.82 Å². The monoisotopic (exact) mass is 324 g/mol. The minimum Gasteiger partial charge on any atom is -0.494 e. The summed E-state index contributed by atoms with van der Waals surface area (Å²) in [5, 5.41) is 3.34. The molecule has 1 atom stereocenters. The van der Waals surface area contributed by atoms with Crippen LogP contribution in [-0.2, 0) is 0 Å². The molecule has 0 radical (unpaired) electrons. The molecule has 1 saturated heterocycles. The Morgan fingerprint density at radius 2 is 1.95 bits per heavy atom. The molecule has 1 heterocycles. The third-order valence-corrected chi connectivity index (χ3v) is 3.54. The molecule has 0 aromatic heterocycles. The zero-order valence-electron chi connectivity index (χ0n) is 11.9. The molecule has 20 heavy (non-hydrogen) atoms. The fraction of sp³-hybridized carbons (Fsp3) is 0.571. The number of nitrogens with one attached hydrogen (secondary N) is 1. The van der Waals surface area contributed by atoms with Crippen molar-refractivity contribution in [2.75, 3.05) is 33.3 Å². The standard InChI is InChI=1S/C14H21FN2O.2ClH/c1-3-13(17-8-6-16-7-9-17)11-4-5-14(18-2)12(15)10-11;;/h4-5,10,13,16H,3,6-9H2,1-2H3;2*1H/t13-;;/m0../s1. The molecule has 1 aliphatic rings. The summed E-state index contributed by atoms with van der Waals surface area (Å²) < 4.78 is 18.7. The highest BCUT2D eigenvalue weighted by Crippen LogP contribution is 2.28. The Morgan fingerprint density at radius 3 is 2.45 bits per heavy atom. The Balaban J connectivity index is 0.00000180. The van der Waals surface area contributed by atoms with Crippen molar-refractivity contribution < 1.29 is 9.13 Å². The van der Waals surface area contributed by atoms with E-state index >= 15 is 0 Å². The normalized spacial score (nSPS) is 16.8. The second kappa shape index (κ2) is 9.40. The van der Waals surface area contributed by atoms with Crippen LogP contribution in [0.5, 0.6) is 5.75 Å². The Morgan fingerprint density at radius 1 is 1.30 bits per heavy atom. The van der Waals surface area contributed by atoms with Gasteiger partial charge < -0.3 is 10.1 Å². The average molecular weight is 325 g/mol. The van der Waals surface area contributed by atoms with Crippen molar-refractivity contribution in [1.82, 2.24) is 10.2 Å². The first-order chi connectivity index (χ1) is 8.76. The van der Waals surface area contributed by atoms with Crippen molar-refractivity contribution >= 4 is 24.8 Å². The van der Waals surface area contributed by atoms with E-state index in [4.69, 9.17) is 4.74 Å². The van der Waals surface area contributed by atoms with Gasteiger partial charge in [-0.2, -0.15) is 0 Å². The zero-order valence-corrected chi connectivity index (χ0v) is 13.5. The van der Waals surface area contributed by atoms with Crippen LogP contribution in [0.25, 0.3) is 0 Å². The second-order valence-corrected chi connectivity index (χ2v) is 4.60. The summed E-state index contributed by atoms with van der Waals surface area (Å²) in [5.74, 6) is 0.0394. The number of benzene rings is 1. The van der Waals surface area contributed by atoms with Crippen LogP contribution in [0.3, 0.4) is 0 Å². The molecular weight excluding hydrogens is 302 g/mol. The third kappa shape index (κ3) is 4.48. The number of ether oxygens (including phenoxy) is 1. The van der Waals surface area contributed by atoms with Crippen LogP contribution >= 0.6 is 24.8 Å². The highest BCUT2D eigenvalue weighted by Gasteiger charge is 2.21. The van der Waals surface area contributed by atoms with E-state index in [-0.39, 0.29) is 30.6 Å². The highest BCUT2D eigenvalue weighted by atomic mass is 35.5. The lowest BCUT2D eigenvalue weighted by Gasteiger charge is -2.34. The van der Waals surface area contributed by atoms with Gasteiger partial charge in [-0.1, -0.05) is 13.0 Å². The Kier molecular flexibility index (Phi) is 9.14. The molecule has 6 heteroatoms. The molecule has 0 saturated carbocycles. The van der Waals surface area contributed by atoms with Gasteiger partial charge in [0.15, 0.2) is 11.6 Å². The molecule has 0 aliphatic carbocycles. The average Bonchev–Trinajstić information content (AvgIpc) is 2.41. The van der Waals surface area contributed by atoms with Crippen molar-refractivity contribution in [3.63, 3.8) is 0 Å². The number of methoxy groups -OCH3 is 1. The molecule has 0 spiro atoms. The van der Waals surface area contributed by atoms with Crippen LogP contribution < -0.4 is 10.1 Å². The maximum absolute atomic E-state index is 13.8.